The van der Waals surface area contributed by atoms with Crippen LogP contribution in [0, 0.1) is 5.82 Å². The third-order valence-electron chi connectivity index (χ3n) is 5.39. The second-order valence-electron chi connectivity index (χ2n) is 7.86. The van der Waals surface area contributed by atoms with Crippen molar-refractivity contribution in [2.24, 2.45) is 0 Å². The summed E-state index contributed by atoms with van der Waals surface area (Å²) in [4.78, 5) is 15.3. The van der Waals surface area contributed by atoms with Gasteiger partial charge in [-0.25, -0.2) is 12.8 Å². The molecule has 0 spiro atoms. The third-order valence-corrected chi connectivity index (χ3v) is 6.55. The molecule has 0 radical (unpaired) electrons. The molecule has 1 amide bonds. The Morgan fingerprint density at radius 1 is 1.16 bits per heavy atom. The number of carbonyl (C=O) groups excluding carboxylic acids is 1. The zero-order chi connectivity index (χ0) is 23.1. The van der Waals surface area contributed by atoms with E-state index >= 15 is 0 Å². The highest BCUT2D eigenvalue weighted by molar-refractivity contribution is 7.92. The Balaban J connectivity index is 1.70. The van der Waals surface area contributed by atoms with Gasteiger partial charge in [0.15, 0.2) is 0 Å². The summed E-state index contributed by atoms with van der Waals surface area (Å²) in [6, 6.07) is 12.4. The minimum atomic E-state index is -3.89. The highest BCUT2D eigenvalue weighted by Crippen LogP contribution is 2.25. The fourth-order valence-electron chi connectivity index (χ4n) is 3.83. The Labute approximate surface area is 189 Å². The number of sulfonamides is 1. The van der Waals surface area contributed by atoms with Crippen LogP contribution >= 0.6 is 0 Å². The summed E-state index contributed by atoms with van der Waals surface area (Å²) < 4.78 is 45.5. The van der Waals surface area contributed by atoms with Gasteiger partial charge in [-0.3, -0.25) is 14.0 Å². The summed E-state index contributed by atoms with van der Waals surface area (Å²) in [5.74, 6) is -1.17. The molecule has 3 rings (SSSR count). The molecule has 1 saturated heterocycles. The number of morpholine rings is 1. The molecule has 7 nitrogen and oxygen atoms in total. The number of ether oxygens (including phenoxy) is 1. The molecule has 1 N–H and O–H groups in total. The largest absolute Gasteiger partial charge is 0.379 e. The van der Waals surface area contributed by atoms with Gasteiger partial charge < -0.3 is 10.1 Å². The molecule has 2 aromatic rings. The fraction of sp³-hybridized carbons (Fsp3) is 0.435. The lowest BCUT2D eigenvalue weighted by molar-refractivity contribution is -0.122. The highest BCUT2D eigenvalue weighted by atomic mass is 32.2. The molecule has 174 valence electrons. The van der Waals surface area contributed by atoms with E-state index in [2.05, 4.69) is 10.2 Å². The van der Waals surface area contributed by atoms with Crippen LogP contribution in [0.2, 0.25) is 0 Å². The van der Waals surface area contributed by atoms with Crippen LogP contribution in [-0.2, 0) is 32.6 Å². The van der Waals surface area contributed by atoms with Gasteiger partial charge in [-0.15, -0.1) is 0 Å². The van der Waals surface area contributed by atoms with Crippen molar-refractivity contribution in [1.29, 1.82) is 0 Å². The zero-order valence-electron chi connectivity index (χ0n) is 18.5. The normalized spacial score (nSPS) is 15.8. The van der Waals surface area contributed by atoms with Gasteiger partial charge in [-0.1, -0.05) is 43.3 Å². The van der Waals surface area contributed by atoms with Gasteiger partial charge in [0.1, 0.15) is 11.9 Å². The Hall–Kier alpha value is -2.49. The maximum Gasteiger partial charge on any atom is 0.244 e. The van der Waals surface area contributed by atoms with Crippen molar-refractivity contribution in [2.75, 3.05) is 36.9 Å². The first-order chi connectivity index (χ1) is 15.3. The first-order valence-electron chi connectivity index (χ1n) is 10.7. The lowest BCUT2D eigenvalue weighted by Crippen LogP contribution is -2.49. The summed E-state index contributed by atoms with van der Waals surface area (Å²) in [5.41, 5.74) is 1.91. The number of nitrogens with zero attached hydrogens (tertiary/aromatic N) is 2. The van der Waals surface area contributed by atoms with E-state index in [1.165, 1.54) is 18.2 Å². The maximum absolute atomic E-state index is 14.4. The Morgan fingerprint density at radius 3 is 2.50 bits per heavy atom. The Morgan fingerprint density at radius 2 is 1.84 bits per heavy atom. The van der Waals surface area contributed by atoms with E-state index in [1.54, 1.807) is 13.0 Å². The van der Waals surface area contributed by atoms with E-state index in [-0.39, 0.29) is 18.7 Å². The minimum Gasteiger partial charge on any atom is -0.379 e. The summed E-state index contributed by atoms with van der Waals surface area (Å²) in [7, 11) is -3.89. The van der Waals surface area contributed by atoms with Gasteiger partial charge in [0.25, 0.3) is 0 Å². The summed E-state index contributed by atoms with van der Waals surface area (Å²) >= 11 is 0. The first-order valence-corrected chi connectivity index (χ1v) is 12.5. The van der Waals surface area contributed by atoms with Crippen LogP contribution in [0.25, 0.3) is 0 Å². The van der Waals surface area contributed by atoms with Gasteiger partial charge in [0.05, 0.1) is 25.2 Å². The number of para-hydroxylation sites is 1. The van der Waals surface area contributed by atoms with Crippen molar-refractivity contribution in [3.05, 3.63) is 65.5 Å². The number of amides is 1. The molecule has 0 bridgehead atoms. The van der Waals surface area contributed by atoms with Gasteiger partial charge in [-0.2, -0.15) is 0 Å². The van der Waals surface area contributed by atoms with E-state index < -0.39 is 27.8 Å². The standard InChI is InChI=1S/C23H30FN3O4S/c1-3-21(27(32(2,29)30)22-10-5-4-9-20(22)24)23(28)25-16-18-7-6-8-19(15-18)17-26-11-13-31-14-12-26/h4-10,15,21H,3,11-14,16-17H2,1-2H3,(H,25,28)/t21-/m0/s1. The number of hydrogen-bond donors (Lipinski definition) is 1. The molecule has 1 aliphatic rings. The molecule has 2 aromatic carbocycles. The van der Waals surface area contributed by atoms with Crippen molar-refractivity contribution < 1.29 is 22.3 Å². The number of carbonyl (C=O) groups is 1. The molecule has 0 aromatic heterocycles. The average molecular weight is 464 g/mol. The van der Waals surface area contributed by atoms with E-state index in [4.69, 9.17) is 4.74 Å². The van der Waals surface area contributed by atoms with Gasteiger partial charge in [-0.05, 0) is 29.7 Å². The van der Waals surface area contributed by atoms with Crippen LogP contribution in [-0.4, -0.2) is 57.8 Å². The lowest BCUT2D eigenvalue weighted by atomic mass is 10.1. The average Bonchev–Trinajstić information content (AvgIpc) is 2.77. The van der Waals surface area contributed by atoms with Crippen LogP contribution in [0.5, 0.6) is 0 Å². The summed E-state index contributed by atoms with van der Waals surface area (Å²) in [5, 5.41) is 2.82. The molecule has 1 aliphatic heterocycles. The van der Waals surface area contributed by atoms with E-state index in [0.717, 1.165) is 54.5 Å². The predicted octanol–water partition coefficient (Wildman–Crippen LogP) is 2.52. The van der Waals surface area contributed by atoms with E-state index in [9.17, 15) is 17.6 Å². The third kappa shape index (κ3) is 6.27. The Bertz CT molecular complexity index is 1030. The van der Waals surface area contributed by atoms with Gasteiger partial charge in [0, 0.05) is 26.2 Å². The number of nitrogens with one attached hydrogen (secondary N) is 1. The SMILES string of the molecule is CC[C@@H](C(=O)NCc1cccc(CN2CCOCC2)c1)N(c1ccccc1F)S(C)(=O)=O. The molecular formula is C23H30FN3O4S. The second kappa shape index (κ2) is 10.9. The molecule has 1 atom stereocenters. The van der Waals surface area contributed by atoms with E-state index in [0.29, 0.717) is 0 Å². The fourth-order valence-corrected chi connectivity index (χ4v) is 5.04. The first kappa shape index (κ1) is 24.2. The number of anilines is 1. The molecule has 1 heterocycles. The smallest absolute Gasteiger partial charge is 0.244 e. The monoisotopic (exact) mass is 463 g/mol. The van der Waals surface area contributed by atoms with Crippen LogP contribution in [0.15, 0.2) is 48.5 Å². The Kier molecular flexibility index (Phi) is 8.22. The van der Waals surface area contributed by atoms with Gasteiger partial charge >= 0.3 is 0 Å². The second-order valence-corrected chi connectivity index (χ2v) is 9.72. The van der Waals surface area contributed by atoms with E-state index in [1.807, 2.05) is 24.3 Å². The maximum atomic E-state index is 14.4. The number of benzene rings is 2. The molecule has 1 fully saturated rings. The quantitative estimate of drug-likeness (QED) is 0.618. The molecule has 0 unspecified atom stereocenters. The summed E-state index contributed by atoms with van der Waals surface area (Å²) in [6.45, 7) is 5.98. The molecular weight excluding hydrogens is 433 g/mol. The van der Waals surface area contributed by atoms with Crippen LogP contribution in [0.1, 0.15) is 24.5 Å². The molecule has 0 aliphatic carbocycles. The predicted molar refractivity (Wildman–Crippen MR) is 122 cm³/mol. The van der Waals surface area contributed by atoms with Crippen molar-refractivity contribution in [3.63, 3.8) is 0 Å². The minimum absolute atomic E-state index is 0.135. The van der Waals surface area contributed by atoms with Crippen LogP contribution in [0.3, 0.4) is 0 Å². The number of hydrogen-bond acceptors (Lipinski definition) is 5. The summed E-state index contributed by atoms with van der Waals surface area (Å²) in [6.07, 6.45) is 1.18. The zero-order valence-corrected chi connectivity index (χ0v) is 19.3. The van der Waals surface area contributed by atoms with Crippen LogP contribution < -0.4 is 9.62 Å². The van der Waals surface area contributed by atoms with Crippen molar-refractivity contribution in [3.8, 4) is 0 Å². The molecule has 0 saturated carbocycles. The highest BCUT2D eigenvalue weighted by Gasteiger charge is 2.32. The number of rotatable bonds is 9. The number of halogens is 1. The van der Waals surface area contributed by atoms with Gasteiger partial charge in [0.2, 0.25) is 15.9 Å². The molecule has 32 heavy (non-hydrogen) atoms. The van der Waals surface area contributed by atoms with Crippen molar-refractivity contribution >= 4 is 21.6 Å². The van der Waals surface area contributed by atoms with Crippen molar-refractivity contribution in [2.45, 2.75) is 32.5 Å². The van der Waals surface area contributed by atoms with Crippen molar-refractivity contribution in [1.82, 2.24) is 10.2 Å². The van der Waals surface area contributed by atoms with Crippen LogP contribution in [0.4, 0.5) is 10.1 Å². The topological polar surface area (TPSA) is 79.0 Å². The molecule has 9 heteroatoms. The lowest BCUT2D eigenvalue weighted by Gasteiger charge is -2.30.